The van der Waals surface area contributed by atoms with E-state index in [2.05, 4.69) is 29.4 Å². The molecule has 0 saturated carbocycles. The Labute approximate surface area is 157 Å². The molecule has 0 aliphatic rings. The maximum atomic E-state index is 12.2. The lowest BCUT2D eigenvalue weighted by Crippen LogP contribution is -2.29. The largest absolute Gasteiger partial charge is 0.483 e. The van der Waals surface area contributed by atoms with Gasteiger partial charge in [-0.3, -0.25) is 9.20 Å². The van der Waals surface area contributed by atoms with E-state index in [9.17, 15) is 4.79 Å². The normalized spacial score (nSPS) is 11.1. The smallest absolute Gasteiger partial charge is 0.258 e. The van der Waals surface area contributed by atoms with Crippen molar-refractivity contribution in [3.05, 3.63) is 58.5 Å². The monoisotopic (exact) mass is 372 g/mol. The molecule has 7 heteroatoms. The van der Waals surface area contributed by atoms with Crippen LogP contribution in [0.5, 0.6) is 5.75 Å². The Morgan fingerprint density at radius 3 is 2.88 bits per heavy atom. The van der Waals surface area contributed by atoms with E-state index in [-0.39, 0.29) is 25.0 Å². The van der Waals surface area contributed by atoms with Crippen LogP contribution in [-0.4, -0.2) is 27.1 Å². The Bertz CT molecular complexity index is 936. The molecule has 0 bridgehead atoms. The second kappa shape index (κ2) is 7.74. The van der Waals surface area contributed by atoms with Crippen molar-refractivity contribution in [2.45, 2.75) is 33.2 Å². The van der Waals surface area contributed by atoms with Crippen LogP contribution in [0.4, 0.5) is 0 Å². The summed E-state index contributed by atoms with van der Waals surface area (Å²) in [6.45, 7) is 6.24. The van der Waals surface area contributed by atoms with Crippen LogP contribution in [0.1, 0.15) is 36.7 Å². The molecule has 1 N–H and O–H groups in total. The van der Waals surface area contributed by atoms with Gasteiger partial charge in [-0.1, -0.05) is 31.5 Å². The molecule has 0 aliphatic heterocycles. The molecule has 3 aromatic rings. The highest BCUT2D eigenvalue weighted by Crippen LogP contribution is 2.31. The van der Waals surface area contributed by atoms with E-state index in [1.165, 1.54) is 0 Å². The number of carbonyl (C=O) groups excluding carboxylic acids is 1. The summed E-state index contributed by atoms with van der Waals surface area (Å²) < 4.78 is 7.57. The van der Waals surface area contributed by atoms with Gasteiger partial charge in [-0.15, -0.1) is 10.2 Å². The molecule has 0 spiro atoms. The third-order valence-electron chi connectivity index (χ3n) is 4.10. The van der Waals surface area contributed by atoms with Crippen LogP contribution in [0.25, 0.3) is 5.65 Å². The van der Waals surface area contributed by atoms with Crippen molar-refractivity contribution in [3.63, 3.8) is 0 Å². The lowest BCUT2D eigenvalue weighted by Gasteiger charge is -2.15. The zero-order valence-corrected chi connectivity index (χ0v) is 15.7. The highest BCUT2D eigenvalue weighted by Gasteiger charge is 2.13. The Morgan fingerprint density at radius 1 is 1.31 bits per heavy atom. The van der Waals surface area contributed by atoms with Gasteiger partial charge >= 0.3 is 0 Å². The standard InChI is InChI=1S/C19H21ClN4O2/c1-12(2)14-9-15(20)13(3)8-16(14)26-11-19(25)21-10-18-23-22-17-6-4-5-7-24(17)18/h4-9,12H,10-11H2,1-3H3,(H,21,25). The predicted molar refractivity (Wildman–Crippen MR) is 101 cm³/mol. The van der Waals surface area contributed by atoms with Crippen LogP contribution in [0.3, 0.4) is 0 Å². The van der Waals surface area contributed by atoms with Crippen LogP contribution in [-0.2, 0) is 11.3 Å². The average Bonchev–Trinajstić information content (AvgIpc) is 3.03. The molecule has 2 aromatic heterocycles. The fourth-order valence-corrected chi connectivity index (χ4v) is 2.80. The molecule has 0 aliphatic carbocycles. The van der Waals surface area contributed by atoms with E-state index >= 15 is 0 Å². The third kappa shape index (κ3) is 3.96. The second-order valence-electron chi connectivity index (χ2n) is 6.40. The van der Waals surface area contributed by atoms with Crippen molar-refractivity contribution in [1.29, 1.82) is 0 Å². The van der Waals surface area contributed by atoms with E-state index < -0.39 is 0 Å². The maximum Gasteiger partial charge on any atom is 0.258 e. The third-order valence-corrected chi connectivity index (χ3v) is 4.51. The van der Waals surface area contributed by atoms with Crippen LogP contribution in [0.15, 0.2) is 36.5 Å². The van der Waals surface area contributed by atoms with Gasteiger partial charge in [0, 0.05) is 11.2 Å². The Hall–Kier alpha value is -2.60. The molecule has 0 fully saturated rings. The van der Waals surface area contributed by atoms with Crippen molar-refractivity contribution in [2.75, 3.05) is 6.61 Å². The number of halogens is 1. The molecule has 0 unspecified atom stereocenters. The highest BCUT2D eigenvalue weighted by atomic mass is 35.5. The summed E-state index contributed by atoms with van der Waals surface area (Å²) in [6.07, 6.45) is 1.86. The first-order valence-electron chi connectivity index (χ1n) is 8.44. The fourth-order valence-electron chi connectivity index (χ4n) is 2.63. The van der Waals surface area contributed by atoms with Crippen LogP contribution in [0, 0.1) is 6.92 Å². The number of ether oxygens (including phenoxy) is 1. The molecule has 2 heterocycles. The number of hydrogen-bond acceptors (Lipinski definition) is 4. The molecule has 0 saturated heterocycles. The molecule has 0 radical (unpaired) electrons. The number of pyridine rings is 1. The zero-order valence-electron chi connectivity index (χ0n) is 15.0. The first kappa shape index (κ1) is 18.2. The molecule has 6 nitrogen and oxygen atoms in total. The van der Waals surface area contributed by atoms with E-state index in [0.717, 1.165) is 16.8 Å². The minimum atomic E-state index is -0.222. The van der Waals surface area contributed by atoms with Crippen molar-refractivity contribution < 1.29 is 9.53 Å². The number of aromatic nitrogens is 3. The number of rotatable bonds is 6. The topological polar surface area (TPSA) is 68.5 Å². The number of benzene rings is 1. The van der Waals surface area contributed by atoms with Gasteiger partial charge in [0.15, 0.2) is 18.1 Å². The molecule has 1 amide bonds. The van der Waals surface area contributed by atoms with Crippen molar-refractivity contribution >= 4 is 23.2 Å². The van der Waals surface area contributed by atoms with Crippen LogP contribution in [0.2, 0.25) is 5.02 Å². The summed E-state index contributed by atoms with van der Waals surface area (Å²) in [7, 11) is 0. The van der Waals surface area contributed by atoms with Gasteiger partial charge in [0.25, 0.3) is 5.91 Å². The number of fused-ring (bicyclic) bond motifs is 1. The van der Waals surface area contributed by atoms with E-state index in [1.54, 1.807) is 0 Å². The van der Waals surface area contributed by atoms with Gasteiger partial charge < -0.3 is 10.1 Å². The number of nitrogens with one attached hydrogen (secondary N) is 1. The van der Waals surface area contributed by atoms with Gasteiger partial charge in [-0.05, 0) is 48.2 Å². The lowest BCUT2D eigenvalue weighted by atomic mass is 10.0. The second-order valence-corrected chi connectivity index (χ2v) is 6.81. The highest BCUT2D eigenvalue weighted by molar-refractivity contribution is 6.31. The number of aryl methyl sites for hydroxylation is 1. The summed E-state index contributed by atoms with van der Waals surface area (Å²) in [5.41, 5.74) is 2.64. The quantitative estimate of drug-likeness (QED) is 0.719. The molecule has 136 valence electrons. The molecule has 1 aromatic carbocycles. The predicted octanol–water partition coefficient (Wildman–Crippen LogP) is 3.51. The zero-order chi connectivity index (χ0) is 18.7. The van der Waals surface area contributed by atoms with Crippen LogP contribution < -0.4 is 10.1 Å². The fraction of sp³-hybridized carbons (Fsp3) is 0.316. The molecular formula is C19H21ClN4O2. The summed E-state index contributed by atoms with van der Waals surface area (Å²) >= 11 is 6.20. The SMILES string of the molecule is Cc1cc(OCC(=O)NCc2nnc3ccccn23)c(C(C)C)cc1Cl. The summed E-state index contributed by atoms with van der Waals surface area (Å²) in [5, 5.41) is 11.7. The first-order chi connectivity index (χ1) is 12.5. The minimum absolute atomic E-state index is 0.0719. The van der Waals surface area contributed by atoms with E-state index in [4.69, 9.17) is 16.3 Å². The molecule has 3 rings (SSSR count). The number of carbonyl (C=O) groups is 1. The van der Waals surface area contributed by atoms with Gasteiger partial charge in [0.05, 0.1) is 6.54 Å². The average molecular weight is 373 g/mol. The first-order valence-corrected chi connectivity index (χ1v) is 8.81. The number of amides is 1. The molecule has 0 atom stereocenters. The lowest BCUT2D eigenvalue weighted by molar-refractivity contribution is -0.123. The van der Waals surface area contributed by atoms with E-state index in [1.807, 2.05) is 47.9 Å². The molecule has 26 heavy (non-hydrogen) atoms. The number of nitrogens with zero attached hydrogens (tertiary/aromatic N) is 3. The van der Waals surface area contributed by atoms with E-state index in [0.29, 0.717) is 16.6 Å². The van der Waals surface area contributed by atoms with Crippen LogP contribution >= 0.6 is 11.6 Å². The van der Waals surface area contributed by atoms with Gasteiger partial charge in [0.2, 0.25) is 0 Å². The Morgan fingerprint density at radius 2 is 2.12 bits per heavy atom. The van der Waals surface area contributed by atoms with Gasteiger partial charge in [0.1, 0.15) is 5.75 Å². The van der Waals surface area contributed by atoms with Crippen molar-refractivity contribution in [2.24, 2.45) is 0 Å². The van der Waals surface area contributed by atoms with Crippen molar-refractivity contribution in [1.82, 2.24) is 19.9 Å². The van der Waals surface area contributed by atoms with Crippen molar-refractivity contribution in [3.8, 4) is 5.75 Å². The molecular weight excluding hydrogens is 352 g/mol. The summed E-state index contributed by atoms with van der Waals surface area (Å²) in [4.78, 5) is 12.2. The number of hydrogen-bond donors (Lipinski definition) is 1. The Kier molecular flexibility index (Phi) is 5.42. The Balaban J connectivity index is 1.62. The minimum Gasteiger partial charge on any atom is -0.483 e. The van der Waals surface area contributed by atoms with Gasteiger partial charge in [-0.25, -0.2) is 0 Å². The summed E-state index contributed by atoms with van der Waals surface area (Å²) in [5.74, 6) is 1.37. The maximum absolute atomic E-state index is 12.2. The van der Waals surface area contributed by atoms with Gasteiger partial charge in [-0.2, -0.15) is 0 Å². The summed E-state index contributed by atoms with van der Waals surface area (Å²) in [6, 6.07) is 9.41.